The summed E-state index contributed by atoms with van der Waals surface area (Å²) in [6.07, 6.45) is 0. The normalized spacial score (nSPS) is 12.0. The first-order valence-electron chi connectivity index (χ1n) is 18.4. The smallest absolute Gasteiger partial charge is 0.164 e. The van der Waals surface area contributed by atoms with E-state index in [2.05, 4.69) is 102 Å². The number of furan rings is 2. The van der Waals surface area contributed by atoms with Gasteiger partial charge in [0.15, 0.2) is 23.1 Å². The van der Waals surface area contributed by atoms with Gasteiger partial charge in [-0.2, -0.15) is 0 Å². The molecule has 0 N–H and O–H groups in total. The number of nitrogens with zero attached hydrogens (tertiary/aromatic N) is 4. The Morgan fingerprint density at radius 1 is 0.345 bits per heavy atom. The van der Waals surface area contributed by atoms with E-state index >= 15 is 0 Å². The second kappa shape index (κ2) is 11.5. The summed E-state index contributed by atoms with van der Waals surface area (Å²) >= 11 is 0. The zero-order valence-corrected chi connectivity index (χ0v) is 29.3. The van der Waals surface area contributed by atoms with E-state index < -0.39 is 0 Å². The molecule has 0 radical (unpaired) electrons. The highest BCUT2D eigenvalue weighted by molar-refractivity contribution is 6.21. The van der Waals surface area contributed by atoms with Gasteiger partial charge in [0, 0.05) is 60.5 Å². The highest BCUT2D eigenvalue weighted by Gasteiger charge is 2.22. The lowest BCUT2D eigenvalue weighted by Gasteiger charge is -2.11. The Bertz CT molecular complexity index is 3430. The zero-order chi connectivity index (χ0) is 36.0. The van der Waals surface area contributed by atoms with Crippen molar-refractivity contribution in [1.29, 1.82) is 0 Å². The molecule has 0 aliphatic rings. The summed E-state index contributed by atoms with van der Waals surface area (Å²) in [7, 11) is 0. The zero-order valence-electron chi connectivity index (χ0n) is 29.3. The van der Waals surface area contributed by atoms with E-state index in [1.165, 1.54) is 5.39 Å². The van der Waals surface area contributed by atoms with E-state index in [9.17, 15) is 0 Å². The monoisotopic (exact) mass is 704 g/mol. The molecule has 0 saturated carbocycles. The SMILES string of the molecule is c1ccc(-c2nc(-c3ccccc3)nc(-c3cc4c5cccc(-n6c7ccccc7c7cc8c(cc76)oc6ccccc68)c5oc4c4ccccc34)n2)cc1. The van der Waals surface area contributed by atoms with Gasteiger partial charge in [-0.05, 0) is 35.7 Å². The summed E-state index contributed by atoms with van der Waals surface area (Å²) in [5, 5.41) is 8.55. The molecule has 256 valence electrons. The van der Waals surface area contributed by atoms with E-state index in [4.69, 9.17) is 23.8 Å². The van der Waals surface area contributed by atoms with Crippen LogP contribution in [-0.4, -0.2) is 19.5 Å². The van der Waals surface area contributed by atoms with Gasteiger partial charge in [0.25, 0.3) is 0 Å². The molecule has 0 amide bonds. The van der Waals surface area contributed by atoms with Gasteiger partial charge in [0.1, 0.15) is 16.7 Å². The predicted octanol–water partition coefficient (Wildman–Crippen LogP) is 12.9. The van der Waals surface area contributed by atoms with Gasteiger partial charge < -0.3 is 13.4 Å². The average Bonchev–Trinajstić information content (AvgIpc) is 3.92. The number of hydrogen-bond acceptors (Lipinski definition) is 5. The summed E-state index contributed by atoms with van der Waals surface area (Å²) in [6.45, 7) is 0. The van der Waals surface area contributed by atoms with Gasteiger partial charge in [-0.25, -0.2) is 15.0 Å². The van der Waals surface area contributed by atoms with E-state index in [0.717, 1.165) is 93.4 Å². The van der Waals surface area contributed by atoms with Gasteiger partial charge in [0.05, 0.1) is 16.7 Å². The minimum atomic E-state index is 0.605. The first-order chi connectivity index (χ1) is 27.3. The Morgan fingerprint density at radius 2 is 0.945 bits per heavy atom. The molecule has 8 aromatic carbocycles. The fourth-order valence-electron chi connectivity index (χ4n) is 8.34. The maximum atomic E-state index is 7.03. The fourth-order valence-corrected chi connectivity index (χ4v) is 8.34. The van der Waals surface area contributed by atoms with Crippen LogP contribution < -0.4 is 0 Å². The maximum Gasteiger partial charge on any atom is 0.164 e. The van der Waals surface area contributed by atoms with Gasteiger partial charge >= 0.3 is 0 Å². The van der Waals surface area contributed by atoms with Crippen LogP contribution in [0.5, 0.6) is 0 Å². The third kappa shape index (κ3) is 4.46. The first kappa shape index (κ1) is 29.9. The molecule has 0 saturated heterocycles. The molecule has 6 heteroatoms. The third-order valence-corrected chi connectivity index (χ3v) is 10.8. The Hall–Kier alpha value is -7.57. The summed E-state index contributed by atoms with van der Waals surface area (Å²) in [4.78, 5) is 15.2. The van der Waals surface area contributed by atoms with Crippen molar-refractivity contribution in [2.75, 3.05) is 0 Å². The standard InChI is InChI=1S/C49H28N4O2/c1-3-14-29(15-4-1)47-50-48(30-16-5-2-6-17-30)52-49(51-47)39-27-38-35-22-13-24-41(46(35)55-45(38)34-21-8-7-18-31(34)39)53-40-23-11-9-19-32(40)36-26-37-33-20-10-12-25-43(33)54-44(37)28-42(36)53/h1-28H. The van der Waals surface area contributed by atoms with Crippen LogP contribution >= 0.6 is 0 Å². The summed E-state index contributed by atoms with van der Waals surface area (Å²) in [6, 6.07) is 58.4. The lowest BCUT2D eigenvalue weighted by atomic mass is 9.99. The first-order valence-corrected chi connectivity index (χ1v) is 18.4. The minimum absolute atomic E-state index is 0.605. The van der Waals surface area contributed by atoms with Crippen LogP contribution in [0.3, 0.4) is 0 Å². The molecule has 12 rings (SSSR count). The molecule has 0 fully saturated rings. The lowest BCUT2D eigenvalue weighted by molar-refractivity contribution is 0.668. The molecule has 0 spiro atoms. The average molecular weight is 705 g/mol. The van der Waals surface area contributed by atoms with Crippen LogP contribution in [0.2, 0.25) is 0 Å². The van der Waals surface area contributed by atoms with Crippen molar-refractivity contribution in [3.05, 3.63) is 170 Å². The van der Waals surface area contributed by atoms with E-state index in [-0.39, 0.29) is 0 Å². The van der Waals surface area contributed by atoms with E-state index in [1.807, 2.05) is 72.8 Å². The van der Waals surface area contributed by atoms with Crippen LogP contribution in [0.15, 0.2) is 179 Å². The van der Waals surface area contributed by atoms with Crippen molar-refractivity contribution in [3.8, 4) is 39.9 Å². The molecule has 55 heavy (non-hydrogen) atoms. The molecule has 0 unspecified atom stereocenters. The van der Waals surface area contributed by atoms with E-state index in [0.29, 0.717) is 17.5 Å². The molecule has 0 atom stereocenters. The highest BCUT2D eigenvalue weighted by atomic mass is 16.3. The summed E-state index contributed by atoms with van der Waals surface area (Å²) < 4.78 is 15.8. The number of hydrogen-bond donors (Lipinski definition) is 0. The molecular weight excluding hydrogens is 677 g/mol. The van der Waals surface area contributed by atoms with Crippen LogP contribution in [-0.2, 0) is 0 Å². The lowest BCUT2D eigenvalue weighted by Crippen LogP contribution is -2.00. The molecule has 12 aromatic rings. The summed E-state index contributed by atoms with van der Waals surface area (Å²) in [5.41, 5.74) is 9.24. The fraction of sp³-hybridized carbons (Fsp3) is 0. The predicted molar refractivity (Wildman–Crippen MR) is 223 cm³/mol. The number of benzene rings is 8. The van der Waals surface area contributed by atoms with Gasteiger partial charge in [-0.1, -0.05) is 133 Å². The maximum absolute atomic E-state index is 7.03. The quantitative estimate of drug-likeness (QED) is 0.182. The van der Waals surface area contributed by atoms with Crippen LogP contribution in [0.4, 0.5) is 0 Å². The van der Waals surface area contributed by atoms with Crippen molar-refractivity contribution in [2.45, 2.75) is 0 Å². The number of aromatic nitrogens is 4. The molecule has 0 aliphatic carbocycles. The number of fused-ring (bicyclic) bond motifs is 11. The Kier molecular flexibility index (Phi) is 6.24. The summed E-state index contributed by atoms with van der Waals surface area (Å²) in [5.74, 6) is 1.85. The van der Waals surface area contributed by atoms with Crippen molar-refractivity contribution < 1.29 is 8.83 Å². The van der Waals surface area contributed by atoms with E-state index in [1.54, 1.807) is 0 Å². The largest absolute Gasteiger partial charge is 0.456 e. The Balaban J connectivity index is 1.14. The molecule has 4 aromatic heterocycles. The van der Waals surface area contributed by atoms with Crippen molar-refractivity contribution >= 4 is 76.5 Å². The molecule has 4 heterocycles. The number of rotatable bonds is 4. The van der Waals surface area contributed by atoms with Crippen molar-refractivity contribution in [1.82, 2.24) is 19.5 Å². The van der Waals surface area contributed by atoms with Gasteiger partial charge in [-0.15, -0.1) is 0 Å². The second-order valence-corrected chi connectivity index (χ2v) is 14.0. The van der Waals surface area contributed by atoms with Gasteiger partial charge in [-0.3, -0.25) is 0 Å². The highest BCUT2D eigenvalue weighted by Crippen LogP contribution is 2.44. The molecular formula is C49H28N4O2. The van der Waals surface area contributed by atoms with Crippen LogP contribution in [0.1, 0.15) is 0 Å². The van der Waals surface area contributed by atoms with Crippen molar-refractivity contribution in [3.63, 3.8) is 0 Å². The van der Waals surface area contributed by atoms with Crippen LogP contribution in [0.25, 0.3) is 116 Å². The van der Waals surface area contributed by atoms with Gasteiger partial charge in [0.2, 0.25) is 0 Å². The molecule has 0 bridgehead atoms. The molecule has 6 nitrogen and oxygen atoms in total. The number of para-hydroxylation sites is 3. The third-order valence-electron chi connectivity index (χ3n) is 10.8. The second-order valence-electron chi connectivity index (χ2n) is 14.0. The topological polar surface area (TPSA) is 69.9 Å². The van der Waals surface area contributed by atoms with Crippen LogP contribution in [0, 0.1) is 0 Å². The Morgan fingerprint density at radius 3 is 1.71 bits per heavy atom. The molecule has 0 aliphatic heterocycles. The Labute approximate surface area is 313 Å². The van der Waals surface area contributed by atoms with Crippen molar-refractivity contribution in [2.24, 2.45) is 0 Å². The minimum Gasteiger partial charge on any atom is -0.456 e.